The van der Waals surface area contributed by atoms with Crippen molar-refractivity contribution in [1.82, 2.24) is 15.0 Å². The lowest BCUT2D eigenvalue weighted by Gasteiger charge is -2.20. The summed E-state index contributed by atoms with van der Waals surface area (Å²) in [5.74, 6) is 0.896. The Bertz CT molecular complexity index is 732. The number of nitrogens with zero attached hydrogens (tertiary/aromatic N) is 3. The molecule has 19 heavy (non-hydrogen) atoms. The molecule has 0 saturated carbocycles. The summed E-state index contributed by atoms with van der Waals surface area (Å²) in [6.45, 7) is 2.00. The quantitative estimate of drug-likeness (QED) is 0.736. The molecule has 0 bridgehead atoms. The van der Waals surface area contributed by atoms with Crippen molar-refractivity contribution in [3.05, 3.63) is 42.4 Å². The van der Waals surface area contributed by atoms with Crippen LogP contribution in [0.1, 0.15) is 5.56 Å². The van der Waals surface area contributed by atoms with Crippen LogP contribution in [0.25, 0.3) is 11.0 Å². The number of aryl methyl sites for hydroxylation is 1. The third-order valence-electron chi connectivity index (χ3n) is 3.18. The summed E-state index contributed by atoms with van der Waals surface area (Å²) < 4.78 is 0. The lowest BCUT2D eigenvalue weighted by molar-refractivity contribution is 1.11. The van der Waals surface area contributed by atoms with Gasteiger partial charge in [-0.1, -0.05) is 0 Å². The second kappa shape index (κ2) is 4.28. The predicted octanol–water partition coefficient (Wildman–Crippen LogP) is 2.62. The van der Waals surface area contributed by atoms with Crippen molar-refractivity contribution >= 4 is 28.2 Å². The van der Waals surface area contributed by atoms with Crippen LogP contribution < -0.4 is 10.6 Å². The van der Waals surface area contributed by atoms with E-state index in [1.807, 2.05) is 37.1 Å². The van der Waals surface area contributed by atoms with Gasteiger partial charge in [-0.2, -0.15) is 0 Å². The molecule has 0 aliphatic carbocycles. The second-order valence-corrected chi connectivity index (χ2v) is 4.57. The summed E-state index contributed by atoms with van der Waals surface area (Å²) in [7, 11) is 1.99. The summed E-state index contributed by atoms with van der Waals surface area (Å²) >= 11 is 0. The van der Waals surface area contributed by atoms with E-state index in [1.165, 1.54) is 0 Å². The third-order valence-corrected chi connectivity index (χ3v) is 3.18. The smallest absolute Gasteiger partial charge is 0.135 e. The summed E-state index contributed by atoms with van der Waals surface area (Å²) in [5, 5.41) is 0. The molecule has 0 amide bonds. The van der Waals surface area contributed by atoms with E-state index in [1.54, 1.807) is 12.5 Å². The van der Waals surface area contributed by atoms with Gasteiger partial charge in [-0.05, 0) is 36.8 Å². The number of aromatic amines is 1. The van der Waals surface area contributed by atoms with Gasteiger partial charge in [0.15, 0.2) is 0 Å². The van der Waals surface area contributed by atoms with E-state index in [2.05, 4.69) is 21.0 Å². The summed E-state index contributed by atoms with van der Waals surface area (Å²) in [6.07, 6.45) is 3.37. The molecule has 5 heteroatoms. The highest BCUT2D eigenvalue weighted by Gasteiger charge is 2.09. The number of fused-ring (bicyclic) bond motifs is 1. The van der Waals surface area contributed by atoms with E-state index in [0.717, 1.165) is 28.1 Å². The van der Waals surface area contributed by atoms with Crippen LogP contribution in [0.15, 0.2) is 36.8 Å². The number of hydrogen-bond acceptors (Lipinski definition) is 4. The molecule has 3 rings (SSSR count). The standard InChI is InChI=1S/C14H15N5/c1-9-5-10(15)7-16-14(9)19(2)11-3-4-12-13(6-11)18-8-17-12/h3-8H,15H2,1-2H3,(H,17,18). The Morgan fingerprint density at radius 1 is 1.21 bits per heavy atom. The van der Waals surface area contributed by atoms with Crippen LogP contribution in [0, 0.1) is 6.92 Å². The monoisotopic (exact) mass is 253 g/mol. The lowest BCUT2D eigenvalue weighted by Crippen LogP contribution is -2.12. The highest BCUT2D eigenvalue weighted by Crippen LogP contribution is 2.27. The van der Waals surface area contributed by atoms with Gasteiger partial charge in [-0.25, -0.2) is 9.97 Å². The largest absolute Gasteiger partial charge is 0.397 e. The molecule has 1 aromatic carbocycles. The first-order valence-corrected chi connectivity index (χ1v) is 6.04. The first kappa shape index (κ1) is 11.5. The number of H-pyrrole nitrogens is 1. The summed E-state index contributed by atoms with van der Waals surface area (Å²) in [4.78, 5) is 13.8. The summed E-state index contributed by atoms with van der Waals surface area (Å²) in [6, 6.07) is 8.00. The maximum Gasteiger partial charge on any atom is 0.135 e. The van der Waals surface area contributed by atoms with Crippen molar-refractivity contribution in [2.75, 3.05) is 17.7 Å². The maximum atomic E-state index is 5.73. The van der Waals surface area contributed by atoms with Crippen molar-refractivity contribution in [3.63, 3.8) is 0 Å². The number of imidazole rings is 1. The average Bonchev–Trinajstić information content (AvgIpc) is 2.85. The van der Waals surface area contributed by atoms with Gasteiger partial charge in [-0.15, -0.1) is 0 Å². The molecule has 5 nitrogen and oxygen atoms in total. The summed E-state index contributed by atoms with van der Waals surface area (Å²) in [5.41, 5.74) is 10.5. The minimum absolute atomic E-state index is 0.679. The predicted molar refractivity (Wildman–Crippen MR) is 77.5 cm³/mol. The van der Waals surface area contributed by atoms with E-state index in [4.69, 9.17) is 5.73 Å². The number of nitrogen functional groups attached to an aromatic ring is 1. The Morgan fingerprint density at radius 2 is 2.05 bits per heavy atom. The normalized spacial score (nSPS) is 10.8. The van der Waals surface area contributed by atoms with Crippen molar-refractivity contribution in [3.8, 4) is 0 Å². The van der Waals surface area contributed by atoms with E-state index < -0.39 is 0 Å². The third kappa shape index (κ3) is 1.99. The zero-order valence-corrected chi connectivity index (χ0v) is 10.9. The molecular weight excluding hydrogens is 238 g/mol. The maximum absolute atomic E-state index is 5.73. The molecule has 0 saturated heterocycles. The molecule has 0 radical (unpaired) electrons. The second-order valence-electron chi connectivity index (χ2n) is 4.57. The van der Waals surface area contributed by atoms with Crippen molar-refractivity contribution in [2.45, 2.75) is 6.92 Å². The molecule has 3 N–H and O–H groups in total. The zero-order chi connectivity index (χ0) is 13.4. The lowest BCUT2D eigenvalue weighted by atomic mass is 10.2. The first-order chi connectivity index (χ1) is 9.15. The van der Waals surface area contributed by atoms with E-state index in [0.29, 0.717) is 5.69 Å². The van der Waals surface area contributed by atoms with Gasteiger partial charge in [0.1, 0.15) is 5.82 Å². The van der Waals surface area contributed by atoms with Gasteiger partial charge in [0.05, 0.1) is 29.2 Å². The Labute approximate surface area is 111 Å². The number of aromatic nitrogens is 3. The minimum Gasteiger partial charge on any atom is -0.397 e. The molecule has 96 valence electrons. The molecule has 2 aromatic heterocycles. The molecule has 0 aliphatic heterocycles. The van der Waals surface area contributed by atoms with Gasteiger partial charge in [0, 0.05) is 12.7 Å². The SMILES string of the molecule is Cc1cc(N)cnc1N(C)c1ccc2nc[nH]c2c1. The molecular formula is C14H15N5. The van der Waals surface area contributed by atoms with Crippen LogP contribution in [0.5, 0.6) is 0 Å². The highest BCUT2D eigenvalue weighted by atomic mass is 15.2. The van der Waals surface area contributed by atoms with Gasteiger partial charge < -0.3 is 15.6 Å². The number of nitrogens with two attached hydrogens (primary N) is 1. The van der Waals surface area contributed by atoms with Crippen LogP contribution in [-0.4, -0.2) is 22.0 Å². The van der Waals surface area contributed by atoms with Gasteiger partial charge in [0.2, 0.25) is 0 Å². The van der Waals surface area contributed by atoms with Gasteiger partial charge >= 0.3 is 0 Å². The number of rotatable bonds is 2. The van der Waals surface area contributed by atoms with Crippen LogP contribution in [0.2, 0.25) is 0 Å². The van der Waals surface area contributed by atoms with Gasteiger partial charge in [-0.3, -0.25) is 0 Å². The molecule has 0 aliphatic rings. The highest BCUT2D eigenvalue weighted by molar-refractivity contribution is 5.80. The molecule has 3 aromatic rings. The molecule has 0 unspecified atom stereocenters. The van der Waals surface area contributed by atoms with Crippen molar-refractivity contribution in [2.24, 2.45) is 0 Å². The Hall–Kier alpha value is -2.56. The number of hydrogen-bond donors (Lipinski definition) is 2. The van der Waals surface area contributed by atoms with E-state index in [9.17, 15) is 0 Å². The topological polar surface area (TPSA) is 70.8 Å². The Morgan fingerprint density at radius 3 is 2.84 bits per heavy atom. The minimum atomic E-state index is 0.679. The van der Waals surface area contributed by atoms with Crippen molar-refractivity contribution in [1.29, 1.82) is 0 Å². The average molecular weight is 253 g/mol. The number of benzene rings is 1. The van der Waals surface area contributed by atoms with Crippen LogP contribution >= 0.6 is 0 Å². The fourth-order valence-corrected chi connectivity index (χ4v) is 2.19. The van der Waals surface area contributed by atoms with Crippen LogP contribution in [0.3, 0.4) is 0 Å². The Balaban J connectivity index is 2.04. The number of nitrogens with one attached hydrogen (secondary N) is 1. The van der Waals surface area contributed by atoms with Crippen LogP contribution in [-0.2, 0) is 0 Å². The van der Waals surface area contributed by atoms with E-state index in [-0.39, 0.29) is 0 Å². The molecule has 0 fully saturated rings. The molecule has 0 atom stereocenters. The zero-order valence-electron chi connectivity index (χ0n) is 10.9. The fourth-order valence-electron chi connectivity index (χ4n) is 2.19. The van der Waals surface area contributed by atoms with Crippen molar-refractivity contribution < 1.29 is 0 Å². The van der Waals surface area contributed by atoms with E-state index >= 15 is 0 Å². The first-order valence-electron chi connectivity index (χ1n) is 6.04. The number of anilines is 3. The fraction of sp³-hybridized carbons (Fsp3) is 0.143. The molecule has 0 spiro atoms. The Kier molecular flexibility index (Phi) is 2.59. The number of pyridine rings is 1. The van der Waals surface area contributed by atoms with Gasteiger partial charge in [0.25, 0.3) is 0 Å². The van der Waals surface area contributed by atoms with Crippen LogP contribution in [0.4, 0.5) is 17.2 Å². The molecule has 2 heterocycles.